The topological polar surface area (TPSA) is 42.2 Å². The van der Waals surface area contributed by atoms with Gasteiger partial charge in [0.2, 0.25) is 0 Å². The quantitative estimate of drug-likeness (QED) is 0.750. The molecule has 0 aliphatic heterocycles. The third kappa shape index (κ3) is 2.78. The van der Waals surface area contributed by atoms with Crippen LogP contribution in [-0.2, 0) is 0 Å². The van der Waals surface area contributed by atoms with E-state index >= 15 is 0 Å². The molecule has 3 rings (SSSR count). The number of hydrogen-bond acceptors (Lipinski definition) is 3. The molecular weight excluding hydrogens is 328 g/mol. The van der Waals surface area contributed by atoms with Crippen LogP contribution in [0.2, 0.25) is 0 Å². The molecule has 3 aromatic rings. The Labute approximate surface area is 132 Å². The highest BCUT2D eigenvalue weighted by Crippen LogP contribution is 2.34. The fourth-order valence-corrected chi connectivity index (χ4v) is 2.70. The van der Waals surface area contributed by atoms with Gasteiger partial charge >= 0.3 is 0 Å². The number of imidazole rings is 1. The maximum Gasteiger partial charge on any atom is 0.157 e. The van der Waals surface area contributed by atoms with Crippen molar-refractivity contribution >= 4 is 27.4 Å². The second kappa shape index (κ2) is 5.15. The van der Waals surface area contributed by atoms with Gasteiger partial charge in [0, 0.05) is 28.0 Å². The monoisotopic (exact) mass is 344 g/mol. The molecule has 2 aromatic heterocycles. The van der Waals surface area contributed by atoms with Crippen molar-refractivity contribution in [2.45, 2.75) is 26.3 Å². The minimum Gasteiger partial charge on any atom is -0.365 e. The third-order valence-electron chi connectivity index (χ3n) is 3.05. The van der Waals surface area contributed by atoms with Crippen molar-refractivity contribution in [1.82, 2.24) is 14.4 Å². The van der Waals surface area contributed by atoms with E-state index in [2.05, 4.69) is 53.1 Å². The average molecular weight is 345 g/mol. The van der Waals surface area contributed by atoms with Gasteiger partial charge in [-0.2, -0.15) is 0 Å². The second-order valence-electron chi connectivity index (χ2n) is 5.97. The summed E-state index contributed by atoms with van der Waals surface area (Å²) in [6.45, 7) is 6.41. The van der Waals surface area contributed by atoms with E-state index in [0.29, 0.717) is 0 Å². The van der Waals surface area contributed by atoms with E-state index in [0.717, 1.165) is 27.2 Å². The van der Waals surface area contributed by atoms with Crippen LogP contribution in [-0.4, -0.2) is 19.9 Å². The number of nitrogens with zero attached hydrogens (tertiary/aromatic N) is 3. The molecule has 0 atom stereocenters. The standard InChI is InChI=1S/C16H17BrN4/c1-16(2,3)20-15-14(11-6-4-5-7-12(11)17)19-13-10-18-8-9-21(13)15/h4-10,20H,1-3H3. The number of hydrogen-bond donors (Lipinski definition) is 1. The summed E-state index contributed by atoms with van der Waals surface area (Å²) in [4.78, 5) is 8.89. The highest BCUT2D eigenvalue weighted by Gasteiger charge is 2.20. The normalized spacial score (nSPS) is 11.8. The molecular formula is C16H17BrN4. The van der Waals surface area contributed by atoms with Gasteiger partial charge in [0.15, 0.2) is 5.65 Å². The molecule has 1 N–H and O–H groups in total. The summed E-state index contributed by atoms with van der Waals surface area (Å²) in [6.07, 6.45) is 5.47. The van der Waals surface area contributed by atoms with Gasteiger partial charge in [-0.3, -0.25) is 9.38 Å². The van der Waals surface area contributed by atoms with Crippen molar-refractivity contribution in [2.24, 2.45) is 0 Å². The van der Waals surface area contributed by atoms with Crippen LogP contribution in [0, 0.1) is 0 Å². The minimum atomic E-state index is -0.0603. The van der Waals surface area contributed by atoms with E-state index in [1.165, 1.54) is 0 Å². The van der Waals surface area contributed by atoms with Crippen LogP contribution in [0.15, 0.2) is 47.3 Å². The summed E-state index contributed by atoms with van der Waals surface area (Å²) in [7, 11) is 0. The van der Waals surface area contributed by atoms with Crippen molar-refractivity contribution in [3.8, 4) is 11.3 Å². The number of fused-ring (bicyclic) bond motifs is 1. The molecule has 0 unspecified atom stereocenters. The lowest BCUT2D eigenvalue weighted by Crippen LogP contribution is -2.27. The van der Waals surface area contributed by atoms with E-state index in [9.17, 15) is 0 Å². The summed E-state index contributed by atoms with van der Waals surface area (Å²) in [5.74, 6) is 0.979. The SMILES string of the molecule is CC(C)(C)Nc1c(-c2ccccc2Br)nc2cnccn12. The zero-order valence-corrected chi connectivity index (χ0v) is 13.8. The second-order valence-corrected chi connectivity index (χ2v) is 6.82. The maximum absolute atomic E-state index is 4.74. The van der Waals surface area contributed by atoms with Crippen molar-refractivity contribution in [1.29, 1.82) is 0 Å². The summed E-state index contributed by atoms with van der Waals surface area (Å²) in [5.41, 5.74) is 2.75. The van der Waals surface area contributed by atoms with Gasteiger partial charge in [0.05, 0.1) is 6.20 Å². The van der Waals surface area contributed by atoms with Crippen molar-refractivity contribution in [3.63, 3.8) is 0 Å². The largest absolute Gasteiger partial charge is 0.365 e. The van der Waals surface area contributed by atoms with Crippen LogP contribution in [0.4, 0.5) is 5.82 Å². The van der Waals surface area contributed by atoms with Crippen molar-refractivity contribution in [2.75, 3.05) is 5.32 Å². The number of rotatable bonds is 2. The Morgan fingerprint density at radius 1 is 1.19 bits per heavy atom. The van der Waals surface area contributed by atoms with Gasteiger partial charge in [-0.1, -0.05) is 34.1 Å². The molecule has 0 saturated carbocycles. The molecule has 0 fully saturated rings. The molecule has 0 saturated heterocycles. The number of aromatic nitrogens is 3. The first kappa shape index (κ1) is 14.1. The molecule has 108 valence electrons. The lowest BCUT2D eigenvalue weighted by Gasteiger charge is -2.22. The van der Waals surface area contributed by atoms with Gasteiger partial charge in [-0.25, -0.2) is 4.98 Å². The van der Waals surface area contributed by atoms with Crippen LogP contribution < -0.4 is 5.32 Å². The Bertz CT molecular complexity index is 786. The lowest BCUT2D eigenvalue weighted by atomic mass is 10.1. The predicted octanol–water partition coefficient (Wildman–Crippen LogP) is 4.37. The number of benzene rings is 1. The Morgan fingerprint density at radius 3 is 2.67 bits per heavy atom. The summed E-state index contributed by atoms with van der Waals surface area (Å²) < 4.78 is 3.06. The predicted molar refractivity (Wildman–Crippen MR) is 89.5 cm³/mol. The van der Waals surface area contributed by atoms with E-state index in [1.54, 1.807) is 12.4 Å². The van der Waals surface area contributed by atoms with Crippen LogP contribution in [0.25, 0.3) is 16.9 Å². The summed E-state index contributed by atoms with van der Waals surface area (Å²) in [6, 6.07) is 8.11. The fraction of sp³-hybridized carbons (Fsp3) is 0.250. The van der Waals surface area contributed by atoms with E-state index in [4.69, 9.17) is 4.98 Å². The number of anilines is 1. The Balaban J connectivity index is 2.27. The zero-order valence-electron chi connectivity index (χ0n) is 12.3. The summed E-state index contributed by atoms with van der Waals surface area (Å²) in [5, 5.41) is 3.55. The molecule has 4 nitrogen and oxygen atoms in total. The first-order valence-electron chi connectivity index (χ1n) is 6.81. The number of nitrogens with one attached hydrogen (secondary N) is 1. The van der Waals surface area contributed by atoms with Gasteiger partial charge < -0.3 is 5.32 Å². The minimum absolute atomic E-state index is 0.0603. The van der Waals surface area contributed by atoms with Crippen LogP contribution in [0.3, 0.4) is 0 Å². The van der Waals surface area contributed by atoms with E-state index in [1.807, 2.05) is 28.8 Å². The molecule has 2 heterocycles. The molecule has 0 amide bonds. The smallest absolute Gasteiger partial charge is 0.157 e. The molecule has 0 bridgehead atoms. The van der Waals surface area contributed by atoms with E-state index in [-0.39, 0.29) is 5.54 Å². The lowest BCUT2D eigenvalue weighted by molar-refractivity contribution is 0.629. The van der Waals surface area contributed by atoms with Crippen molar-refractivity contribution < 1.29 is 0 Å². The van der Waals surface area contributed by atoms with Gasteiger partial charge in [0.25, 0.3) is 0 Å². The zero-order chi connectivity index (χ0) is 15.0. The maximum atomic E-state index is 4.74. The Kier molecular flexibility index (Phi) is 3.45. The molecule has 0 aliphatic carbocycles. The van der Waals surface area contributed by atoms with E-state index < -0.39 is 0 Å². The molecule has 0 spiro atoms. The molecule has 0 radical (unpaired) electrons. The van der Waals surface area contributed by atoms with Gasteiger partial charge in [0.1, 0.15) is 11.5 Å². The summed E-state index contributed by atoms with van der Waals surface area (Å²) >= 11 is 3.61. The fourth-order valence-electron chi connectivity index (χ4n) is 2.22. The highest BCUT2D eigenvalue weighted by atomic mass is 79.9. The van der Waals surface area contributed by atoms with Crippen LogP contribution >= 0.6 is 15.9 Å². The Morgan fingerprint density at radius 2 is 1.95 bits per heavy atom. The van der Waals surface area contributed by atoms with Gasteiger partial charge in [-0.15, -0.1) is 0 Å². The third-order valence-corrected chi connectivity index (χ3v) is 3.74. The molecule has 0 aliphatic rings. The average Bonchev–Trinajstić information content (AvgIpc) is 2.76. The Hall–Kier alpha value is -1.88. The number of halogens is 1. The van der Waals surface area contributed by atoms with Crippen molar-refractivity contribution in [3.05, 3.63) is 47.3 Å². The molecule has 1 aromatic carbocycles. The van der Waals surface area contributed by atoms with Crippen LogP contribution in [0.5, 0.6) is 0 Å². The van der Waals surface area contributed by atoms with Crippen LogP contribution in [0.1, 0.15) is 20.8 Å². The first-order chi connectivity index (χ1) is 9.96. The molecule has 5 heteroatoms. The highest BCUT2D eigenvalue weighted by molar-refractivity contribution is 9.10. The molecule has 21 heavy (non-hydrogen) atoms. The first-order valence-corrected chi connectivity index (χ1v) is 7.60. The van der Waals surface area contributed by atoms with Gasteiger partial charge in [-0.05, 0) is 26.8 Å².